The monoisotopic (exact) mass is 316 g/mol. The zero-order valence-corrected chi connectivity index (χ0v) is 13.4. The smallest absolute Gasteiger partial charge is 0.317 e. The molecule has 1 heterocycles. The van der Waals surface area contributed by atoms with Crippen molar-refractivity contribution >= 4 is 23.8 Å². The van der Waals surface area contributed by atoms with E-state index in [1.54, 1.807) is 7.05 Å². The molecule has 6 nitrogen and oxygen atoms in total. The van der Waals surface area contributed by atoms with E-state index in [-0.39, 0.29) is 24.0 Å². The van der Waals surface area contributed by atoms with Gasteiger partial charge in [-0.1, -0.05) is 12.8 Å². The number of hydrogen-bond acceptors (Lipinski definition) is 4. The van der Waals surface area contributed by atoms with Gasteiger partial charge in [-0.05, 0) is 19.1 Å². The standard InChI is InChI=1S/C14H24N2O4S/c1-16(11-8-20-7-10(11)12(17)18)13(19)15-9-14(21-2)5-3-4-6-14/h10-11H,3-9H2,1-2H3,(H,15,19)(H,17,18). The highest BCUT2D eigenvalue weighted by molar-refractivity contribution is 8.00. The fourth-order valence-electron chi connectivity index (χ4n) is 3.14. The first-order chi connectivity index (χ1) is 9.99. The van der Waals surface area contributed by atoms with Crippen LogP contribution in [0.3, 0.4) is 0 Å². The van der Waals surface area contributed by atoms with Crippen LogP contribution in [0.5, 0.6) is 0 Å². The van der Waals surface area contributed by atoms with Crippen molar-refractivity contribution in [2.24, 2.45) is 5.92 Å². The van der Waals surface area contributed by atoms with Gasteiger partial charge in [-0.2, -0.15) is 11.8 Å². The van der Waals surface area contributed by atoms with Gasteiger partial charge in [0.05, 0.1) is 19.3 Å². The SMILES string of the molecule is CSC1(CNC(=O)N(C)C2COCC2C(=O)O)CCCC1. The third kappa shape index (κ3) is 3.63. The van der Waals surface area contributed by atoms with Crippen molar-refractivity contribution in [2.45, 2.75) is 36.5 Å². The van der Waals surface area contributed by atoms with E-state index in [0.717, 1.165) is 12.8 Å². The second-order valence-corrected chi connectivity index (χ2v) is 7.19. The number of nitrogens with one attached hydrogen (secondary N) is 1. The summed E-state index contributed by atoms with van der Waals surface area (Å²) in [6.45, 7) is 1.10. The minimum Gasteiger partial charge on any atom is -0.481 e. The molecule has 0 bridgehead atoms. The van der Waals surface area contributed by atoms with Gasteiger partial charge >= 0.3 is 12.0 Å². The predicted molar refractivity (Wildman–Crippen MR) is 81.6 cm³/mol. The lowest BCUT2D eigenvalue weighted by molar-refractivity contribution is -0.142. The zero-order chi connectivity index (χ0) is 15.5. The molecule has 2 rings (SSSR count). The quantitative estimate of drug-likeness (QED) is 0.801. The molecule has 0 spiro atoms. The van der Waals surface area contributed by atoms with Gasteiger partial charge in [0.25, 0.3) is 0 Å². The van der Waals surface area contributed by atoms with Crippen molar-refractivity contribution in [3.63, 3.8) is 0 Å². The Bertz CT molecular complexity index is 398. The molecule has 2 N–H and O–H groups in total. The first kappa shape index (κ1) is 16.4. The highest BCUT2D eigenvalue weighted by Gasteiger charge is 2.39. The number of nitrogens with zero attached hydrogens (tertiary/aromatic N) is 1. The van der Waals surface area contributed by atoms with E-state index in [1.165, 1.54) is 17.7 Å². The maximum Gasteiger partial charge on any atom is 0.317 e. The van der Waals surface area contributed by atoms with Gasteiger partial charge in [-0.3, -0.25) is 4.79 Å². The van der Waals surface area contributed by atoms with Crippen LogP contribution in [0.4, 0.5) is 4.79 Å². The molecule has 21 heavy (non-hydrogen) atoms. The van der Waals surface area contributed by atoms with Crippen molar-refractivity contribution in [1.29, 1.82) is 0 Å². The molecule has 2 fully saturated rings. The number of carbonyl (C=O) groups excluding carboxylic acids is 1. The summed E-state index contributed by atoms with van der Waals surface area (Å²) >= 11 is 1.82. The first-order valence-electron chi connectivity index (χ1n) is 7.35. The van der Waals surface area contributed by atoms with Crippen LogP contribution in [0.2, 0.25) is 0 Å². The summed E-state index contributed by atoms with van der Waals surface area (Å²) in [6, 6.07) is -0.603. The van der Waals surface area contributed by atoms with Gasteiger partial charge in [0.1, 0.15) is 5.92 Å². The number of urea groups is 1. The molecule has 1 aliphatic heterocycles. The van der Waals surface area contributed by atoms with Crippen molar-refractivity contribution in [3.8, 4) is 0 Å². The number of carboxylic acids is 1. The van der Waals surface area contributed by atoms with Crippen LogP contribution in [0.15, 0.2) is 0 Å². The van der Waals surface area contributed by atoms with Crippen molar-refractivity contribution in [2.75, 3.05) is 33.1 Å². The van der Waals surface area contributed by atoms with Gasteiger partial charge in [0, 0.05) is 18.3 Å². The van der Waals surface area contributed by atoms with Crippen molar-refractivity contribution in [3.05, 3.63) is 0 Å². The number of carbonyl (C=O) groups is 2. The molecule has 2 aliphatic rings. The second kappa shape index (κ2) is 6.87. The highest BCUT2D eigenvalue weighted by Crippen LogP contribution is 2.39. The third-order valence-electron chi connectivity index (χ3n) is 4.70. The summed E-state index contributed by atoms with van der Waals surface area (Å²) in [4.78, 5) is 24.9. The maximum absolute atomic E-state index is 12.3. The zero-order valence-electron chi connectivity index (χ0n) is 12.6. The molecule has 7 heteroatoms. The number of ether oxygens (including phenoxy) is 1. The molecule has 1 saturated heterocycles. The maximum atomic E-state index is 12.3. The van der Waals surface area contributed by atoms with E-state index in [4.69, 9.17) is 9.84 Å². The van der Waals surface area contributed by atoms with Crippen LogP contribution in [0.25, 0.3) is 0 Å². The molecule has 0 radical (unpaired) electrons. The fourth-order valence-corrected chi connectivity index (χ4v) is 4.06. The Hall–Kier alpha value is -0.950. The number of likely N-dealkylation sites (N-methyl/N-ethyl adjacent to an activating group) is 1. The van der Waals surface area contributed by atoms with E-state index >= 15 is 0 Å². The Morgan fingerprint density at radius 2 is 2.05 bits per heavy atom. The molecule has 2 amide bonds. The third-order valence-corrected chi connectivity index (χ3v) is 6.11. The first-order valence-corrected chi connectivity index (χ1v) is 8.58. The van der Waals surface area contributed by atoms with Crippen LogP contribution < -0.4 is 5.32 Å². The van der Waals surface area contributed by atoms with Crippen LogP contribution in [0.1, 0.15) is 25.7 Å². The van der Waals surface area contributed by atoms with Gasteiger partial charge in [0.2, 0.25) is 0 Å². The molecular formula is C14H24N2O4S. The van der Waals surface area contributed by atoms with Crippen LogP contribution in [0, 0.1) is 5.92 Å². The number of rotatable bonds is 5. The summed E-state index contributed by atoms with van der Waals surface area (Å²) in [7, 11) is 1.64. The Morgan fingerprint density at radius 3 is 2.62 bits per heavy atom. The van der Waals surface area contributed by atoms with Crippen LogP contribution in [-0.2, 0) is 9.53 Å². The minimum absolute atomic E-state index is 0.148. The predicted octanol–water partition coefficient (Wildman–Crippen LogP) is 1.40. The summed E-state index contributed by atoms with van der Waals surface area (Å²) in [5.74, 6) is -1.55. The Kier molecular flexibility index (Phi) is 5.37. The molecule has 2 atom stereocenters. The average Bonchev–Trinajstić information content (AvgIpc) is 3.13. The Labute approximate surface area is 129 Å². The van der Waals surface area contributed by atoms with E-state index in [0.29, 0.717) is 6.54 Å². The second-order valence-electron chi connectivity index (χ2n) is 5.91. The molecule has 0 aromatic heterocycles. The fraction of sp³-hybridized carbons (Fsp3) is 0.857. The molecule has 2 unspecified atom stereocenters. The summed E-state index contributed by atoms with van der Waals surface area (Å²) in [6.07, 6.45) is 6.77. The molecule has 120 valence electrons. The molecule has 1 saturated carbocycles. The van der Waals surface area contributed by atoms with Crippen molar-refractivity contribution in [1.82, 2.24) is 10.2 Å². The lowest BCUT2D eigenvalue weighted by Crippen LogP contribution is -2.50. The summed E-state index contributed by atoms with van der Waals surface area (Å²) in [5, 5.41) is 12.1. The molecular weight excluding hydrogens is 292 g/mol. The lowest BCUT2D eigenvalue weighted by atomic mass is 10.0. The van der Waals surface area contributed by atoms with Crippen molar-refractivity contribution < 1.29 is 19.4 Å². The largest absolute Gasteiger partial charge is 0.481 e. The summed E-state index contributed by atoms with van der Waals surface area (Å²) < 4.78 is 5.36. The van der Waals surface area contributed by atoms with Gasteiger partial charge in [-0.15, -0.1) is 0 Å². The molecule has 0 aromatic rings. The van der Waals surface area contributed by atoms with Crippen LogP contribution >= 0.6 is 11.8 Å². The minimum atomic E-state index is -0.909. The average molecular weight is 316 g/mol. The van der Waals surface area contributed by atoms with Gasteiger partial charge < -0.3 is 20.1 Å². The van der Waals surface area contributed by atoms with Gasteiger partial charge in [0.15, 0.2) is 0 Å². The molecule has 1 aliphatic carbocycles. The van der Waals surface area contributed by atoms with E-state index in [1.807, 2.05) is 11.8 Å². The van der Waals surface area contributed by atoms with E-state index in [9.17, 15) is 9.59 Å². The van der Waals surface area contributed by atoms with E-state index in [2.05, 4.69) is 11.6 Å². The number of aliphatic carboxylic acids is 1. The van der Waals surface area contributed by atoms with Gasteiger partial charge in [-0.25, -0.2) is 4.79 Å². The summed E-state index contributed by atoms with van der Waals surface area (Å²) in [5.41, 5.74) is 0. The topological polar surface area (TPSA) is 78.9 Å². The van der Waals surface area contributed by atoms with Crippen LogP contribution in [-0.4, -0.2) is 65.9 Å². The number of amides is 2. The van der Waals surface area contributed by atoms with E-state index < -0.39 is 17.9 Å². The lowest BCUT2D eigenvalue weighted by Gasteiger charge is -2.31. The number of hydrogen-bond donors (Lipinski definition) is 2. The Balaban J connectivity index is 1.89. The Morgan fingerprint density at radius 1 is 1.38 bits per heavy atom. The number of thioether (sulfide) groups is 1. The normalized spacial score (nSPS) is 27.5. The molecule has 0 aromatic carbocycles. The highest BCUT2D eigenvalue weighted by atomic mass is 32.2. The number of carboxylic acid groups (broad SMARTS) is 1.